The maximum absolute atomic E-state index is 11.4. The third-order valence-electron chi connectivity index (χ3n) is 1.52. The highest BCUT2D eigenvalue weighted by atomic mass is 32.2. The van der Waals surface area contributed by atoms with E-state index in [-0.39, 0.29) is 6.61 Å². The molecular formula is C9H14O5S. The van der Waals surface area contributed by atoms with Crippen molar-refractivity contribution in [1.82, 2.24) is 0 Å². The van der Waals surface area contributed by atoms with Gasteiger partial charge in [0.25, 0.3) is 0 Å². The Morgan fingerprint density at radius 2 is 1.93 bits per heavy atom. The van der Waals surface area contributed by atoms with Gasteiger partial charge >= 0.3 is 11.9 Å². The number of hydrogen-bond acceptors (Lipinski definition) is 5. The van der Waals surface area contributed by atoms with Crippen molar-refractivity contribution in [3.63, 3.8) is 0 Å². The van der Waals surface area contributed by atoms with E-state index in [0.29, 0.717) is 5.75 Å². The lowest BCUT2D eigenvalue weighted by molar-refractivity contribution is -0.154. The van der Waals surface area contributed by atoms with Crippen LogP contribution < -0.4 is 0 Å². The van der Waals surface area contributed by atoms with E-state index in [9.17, 15) is 14.4 Å². The van der Waals surface area contributed by atoms with Gasteiger partial charge in [0, 0.05) is 0 Å². The van der Waals surface area contributed by atoms with Crippen LogP contribution in [0, 0.1) is 5.92 Å². The first-order chi connectivity index (χ1) is 7.02. The SMILES string of the molecule is CCOC(=O)C(CC(=O)O)C(=O)SCC. The number of thioether (sulfide) groups is 1. The van der Waals surface area contributed by atoms with Crippen LogP contribution in [-0.2, 0) is 19.1 Å². The van der Waals surface area contributed by atoms with Gasteiger partial charge in [0.15, 0.2) is 0 Å². The van der Waals surface area contributed by atoms with Gasteiger partial charge in [-0.2, -0.15) is 0 Å². The zero-order chi connectivity index (χ0) is 11.8. The summed E-state index contributed by atoms with van der Waals surface area (Å²) >= 11 is 0.932. The Kier molecular flexibility index (Phi) is 6.77. The predicted molar refractivity (Wildman–Crippen MR) is 55.5 cm³/mol. The Morgan fingerprint density at radius 1 is 1.33 bits per heavy atom. The zero-order valence-electron chi connectivity index (χ0n) is 8.69. The molecule has 0 saturated carbocycles. The van der Waals surface area contributed by atoms with Crippen LogP contribution in [0.5, 0.6) is 0 Å². The number of carboxylic acid groups (broad SMARTS) is 1. The minimum absolute atomic E-state index is 0.138. The molecule has 0 aromatic carbocycles. The molecule has 1 N–H and O–H groups in total. The summed E-state index contributed by atoms with van der Waals surface area (Å²) in [4.78, 5) is 33.1. The first-order valence-corrected chi connectivity index (χ1v) is 5.56. The fourth-order valence-corrected chi connectivity index (χ4v) is 1.59. The minimum Gasteiger partial charge on any atom is -0.481 e. The normalized spacial score (nSPS) is 11.9. The van der Waals surface area contributed by atoms with Crippen LogP contribution in [0.25, 0.3) is 0 Å². The number of esters is 1. The number of carbonyl (C=O) groups is 3. The Morgan fingerprint density at radius 3 is 2.33 bits per heavy atom. The van der Waals surface area contributed by atoms with E-state index in [0.717, 1.165) is 11.8 Å². The van der Waals surface area contributed by atoms with Crippen LogP contribution in [-0.4, -0.2) is 34.5 Å². The average molecular weight is 234 g/mol. The molecule has 5 nitrogen and oxygen atoms in total. The second-order valence-electron chi connectivity index (χ2n) is 2.65. The summed E-state index contributed by atoms with van der Waals surface area (Å²) in [5, 5.41) is 8.10. The zero-order valence-corrected chi connectivity index (χ0v) is 9.50. The lowest BCUT2D eigenvalue weighted by atomic mass is 10.1. The molecule has 0 amide bonds. The summed E-state index contributed by atoms with van der Waals surface area (Å²) in [5.74, 6) is -2.62. The molecule has 6 heteroatoms. The Hall–Kier alpha value is -1.04. The lowest BCUT2D eigenvalue weighted by Gasteiger charge is -2.11. The lowest BCUT2D eigenvalue weighted by Crippen LogP contribution is -2.27. The summed E-state index contributed by atoms with van der Waals surface area (Å²) in [6.07, 6.45) is -0.509. The van der Waals surface area contributed by atoms with E-state index in [1.165, 1.54) is 0 Å². The standard InChI is InChI=1S/C9H14O5S/c1-3-14-8(12)6(5-7(10)11)9(13)15-4-2/h6H,3-5H2,1-2H3,(H,10,11). The molecule has 0 fully saturated rings. The number of carbonyl (C=O) groups excluding carboxylic acids is 2. The number of carboxylic acids is 1. The van der Waals surface area contributed by atoms with E-state index in [1.807, 2.05) is 0 Å². The topological polar surface area (TPSA) is 80.7 Å². The highest BCUT2D eigenvalue weighted by Crippen LogP contribution is 2.16. The summed E-state index contributed by atoms with van der Waals surface area (Å²) in [6.45, 7) is 3.50. The summed E-state index contributed by atoms with van der Waals surface area (Å²) in [7, 11) is 0. The number of hydrogen-bond donors (Lipinski definition) is 1. The van der Waals surface area contributed by atoms with Crippen molar-refractivity contribution in [2.45, 2.75) is 20.3 Å². The highest BCUT2D eigenvalue weighted by molar-refractivity contribution is 8.13. The highest BCUT2D eigenvalue weighted by Gasteiger charge is 2.30. The van der Waals surface area contributed by atoms with Crippen LogP contribution in [0.3, 0.4) is 0 Å². The first kappa shape index (κ1) is 14.0. The maximum atomic E-state index is 11.4. The van der Waals surface area contributed by atoms with E-state index < -0.39 is 29.4 Å². The van der Waals surface area contributed by atoms with Crippen LogP contribution in [0.4, 0.5) is 0 Å². The molecule has 0 radical (unpaired) electrons. The third-order valence-corrected chi connectivity index (χ3v) is 2.38. The molecule has 0 spiro atoms. The van der Waals surface area contributed by atoms with Crippen molar-refractivity contribution in [3.8, 4) is 0 Å². The molecule has 0 saturated heterocycles. The maximum Gasteiger partial charge on any atom is 0.318 e. The van der Waals surface area contributed by atoms with Gasteiger partial charge in [-0.1, -0.05) is 18.7 Å². The second kappa shape index (κ2) is 7.28. The smallest absolute Gasteiger partial charge is 0.318 e. The molecular weight excluding hydrogens is 220 g/mol. The van der Waals surface area contributed by atoms with Gasteiger partial charge in [-0.3, -0.25) is 14.4 Å². The van der Waals surface area contributed by atoms with E-state index >= 15 is 0 Å². The fourth-order valence-electron chi connectivity index (χ4n) is 0.923. The van der Waals surface area contributed by atoms with E-state index in [2.05, 4.69) is 4.74 Å². The van der Waals surface area contributed by atoms with Gasteiger partial charge in [-0.25, -0.2) is 0 Å². The summed E-state index contributed by atoms with van der Waals surface area (Å²) in [5.41, 5.74) is 0. The molecule has 0 aliphatic carbocycles. The van der Waals surface area contributed by atoms with Crippen LogP contribution in [0.15, 0.2) is 0 Å². The Bertz CT molecular complexity index is 233. The molecule has 86 valence electrons. The monoisotopic (exact) mass is 234 g/mol. The quantitative estimate of drug-likeness (QED) is 0.543. The largest absolute Gasteiger partial charge is 0.481 e. The Labute approximate surface area is 92.2 Å². The van der Waals surface area contributed by atoms with Crippen molar-refractivity contribution in [2.24, 2.45) is 5.92 Å². The van der Waals surface area contributed by atoms with Gasteiger partial charge in [-0.05, 0) is 12.7 Å². The first-order valence-electron chi connectivity index (χ1n) is 4.57. The van der Waals surface area contributed by atoms with Crippen LogP contribution in [0.2, 0.25) is 0 Å². The van der Waals surface area contributed by atoms with Crippen molar-refractivity contribution in [1.29, 1.82) is 0 Å². The molecule has 0 heterocycles. The van der Waals surface area contributed by atoms with Crippen LogP contribution >= 0.6 is 11.8 Å². The molecule has 1 unspecified atom stereocenters. The van der Waals surface area contributed by atoms with Crippen molar-refractivity contribution < 1.29 is 24.2 Å². The molecule has 1 atom stereocenters. The third kappa shape index (κ3) is 5.41. The van der Waals surface area contributed by atoms with E-state index in [4.69, 9.17) is 5.11 Å². The molecule has 0 aliphatic rings. The predicted octanol–water partition coefficient (Wildman–Crippen LogP) is 0.920. The Balaban J connectivity index is 4.49. The molecule has 0 aliphatic heterocycles. The van der Waals surface area contributed by atoms with Gasteiger partial charge in [0.1, 0.15) is 5.92 Å². The van der Waals surface area contributed by atoms with Crippen molar-refractivity contribution in [3.05, 3.63) is 0 Å². The van der Waals surface area contributed by atoms with Gasteiger partial charge in [0.2, 0.25) is 5.12 Å². The number of aliphatic carboxylic acids is 1. The van der Waals surface area contributed by atoms with E-state index in [1.54, 1.807) is 13.8 Å². The summed E-state index contributed by atoms with van der Waals surface area (Å²) < 4.78 is 4.64. The molecule has 15 heavy (non-hydrogen) atoms. The number of rotatable bonds is 6. The van der Waals surface area contributed by atoms with Crippen LogP contribution in [0.1, 0.15) is 20.3 Å². The fraction of sp³-hybridized carbons (Fsp3) is 0.667. The molecule has 0 aromatic rings. The minimum atomic E-state index is -1.19. The van der Waals surface area contributed by atoms with Crippen molar-refractivity contribution in [2.75, 3.05) is 12.4 Å². The van der Waals surface area contributed by atoms with Gasteiger partial charge in [0.05, 0.1) is 13.0 Å². The van der Waals surface area contributed by atoms with Gasteiger partial charge in [-0.15, -0.1) is 0 Å². The van der Waals surface area contributed by atoms with Crippen molar-refractivity contribution >= 4 is 28.8 Å². The molecule has 0 aromatic heterocycles. The molecule has 0 bridgehead atoms. The number of ether oxygens (including phenoxy) is 1. The van der Waals surface area contributed by atoms with Gasteiger partial charge < -0.3 is 9.84 Å². The molecule has 0 rings (SSSR count). The summed E-state index contributed by atoms with van der Waals surface area (Å²) in [6, 6.07) is 0. The average Bonchev–Trinajstić information content (AvgIpc) is 2.14. The second-order valence-corrected chi connectivity index (χ2v) is 3.92.